The van der Waals surface area contributed by atoms with Crippen LogP contribution in [0.5, 0.6) is 0 Å². The number of rotatable bonds is 4. The smallest absolute Gasteiger partial charge is 0.0666 e. The highest BCUT2D eigenvalue weighted by molar-refractivity contribution is 5.74. The van der Waals surface area contributed by atoms with E-state index >= 15 is 0 Å². The summed E-state index contributed by atoms with van der Waals surface area (Å²) in [7, 11) is 0. The maximum Gasteiger partial charge on any atom is 0.0666 e. The van der Waals surface area contributed by atoms with Crippen LogP contribution in [0, 0.1) is 17.3 Å². The fourth-order valence-electron chi connectivity index (χ4n) is 2.22. The van der Waals surface area contributed by atoms with E-state index in [0.29, 0.717) is 0 Å². The van der Waals surface area contributed by atoms with Crippen molar-refractivity contribution in [1.82, 2.24) is 0 Å². The third kappa shape index (κ3) is 4.07. The molecule has 0 saturated heterocycles. The summed E-state index contributed by atoms with van der Waals surface area (Å²) in [4.78, 5) is 4.59. The zero-order valence-electron chi connectivity index (χ0n) is 12.1. The van der Waals surface area contributed by atoms with E-state index in [9.17, 15) is 0 Å². The fourth-order valence-corrected chi connectivity index (χ4v) is 2.22. The van der Waals surface area contributed by atoms with Gasteiger partial charge < -0.3 is 0 Å². The molecule has 0 unspecified atom stereocenters. The number of benzene rings is 2. The van der Waals surface area contributed by atoms with Crippen LogP contribution < -0.4 is 0 Å². The van der Waals surface area contributed by atoms with Crippen LogP contribution in [0.3, 0.4) is 0 Å². The molecule has 1 aliphatic rings. The summed E-state index contributed by atoms with van der Waals surface area (Å²) in [6, 6.07) is 20.7. The van der Waals surface area contributed by atoms with Gasteiger partial charge >= 0.3 is 0 Å². The molecule has 21 heavy (non-hydrogen) atoms. The summed E-state index contributed by atoms with van der Waals surface area (Å²) in [5, 5.41) is 0. The monoisotopic (exact) mass is 273 g/mol. The highest BCUT2D eigenvalue weighted by Gasteiger charge is 2.39. The molecule has 1 heteroatoms. The summed E-state index contributed by atoms with van der Waals surface area (Å²) in [5.41, 5.74) is 2.48. The molecule has 1 aliphatic carbocycles. The minimum atomic E-state index is 0.0481. The van der Waals surface area contributed by atoms with E-state index in [-0.39, 0.29) is 5.41 Å². The standard InChI is InChI=1S/C20H19N/c1-3-7-18(8-4-1)11-13-20(14-15-20)17-21-16-12-19-9-5-2-6-10-19/h1-10,17H,12,14-16H2. The van der Waals surface area contributed by atoms with Gasteiger partial charge in [0.15, 0.2) is 0 Å². The molecule has 0 heterocycles. The third-order valence-electron chi connectivity index (χ3n) is 3.73. The number of hydrogen-bond donors (Lipinski definition) is 0. The summed E-state index contributed by atoms with van der Waals surface area (Å²) in [6.45, 7) is 0.846. The van der Waals surface area contributed by atoms with E-state index in [2.05, 4.69) is 59.4 Å². The zero-order chi connectivity index (χ0) is 14.4. The Labute approximate surface area is 126 Å². The van der Waals surface area contributed by atoms with Crippen molar-refractivity contribution in [3.8, 4) is 11.8 Å². The summed E-state index contributed by atoms with van der Waals surface area (Å²) in [6.07, 6.45) is 5.36. The molecule has 0 aliphatic heterocycles. The molecule has 3 rings (SSSR count). The van der Waals surface area contributed by atoms with Crippen molar-refractivity contribution < 1.29 is 0 Å². The minimum absolute atomic E-state index is 0.0481. The molecule has 0 atom stereocenters. The van der Waals surface area contributed by atoms with E-state index in [1.54, 1.807) is 0 Å². The van der Waals surface area contributed by atoms with E-state index < -0.39 is 0 Å². The van der Waals surface area contributed by atoms with E-state index in [4.69, 9.17) is 0 Å². The predicted molar refractivity (Wildman–Crippen MR) is 88.5 cm³/mol. The van der Waals surface area contributed by atoms with Gasteiger partial charge in [0.05, 0.1) is 5.41 Å². The van der Waals surface area contributed by atoms with Gasteiger partial charge in [0.2, 0.25) is 0 Å². The van der Waals surface area contributed by atoms with Gasteiger partial charge in [0, 0.05) is 18.3 Å². The normalized spacial score (nSPS) is 15.4. The van der Waals surface area contributed by atoms with Crippen molar-refractivity contribution in [1.29, 1.82) is 0 Å². The van der Waals surface area contributed by atoms with Gasteiger partial charge in [-0.2, -0.15) is 0 Å². The molecule has 0 radical (unpaired) electrons. The molecular weight excluding hydrogens is 254 g/mol. The molecule has 0 N–H and O–H groups in total. The van der Waals surface area contributed by atoms with Crippen molar-refractivity contribution in [2.45, 2.75) is 19.3 Å². The molecule has 104 valence electrons. The highest BCUT2D eigenvalue weighted by Crippen LogP contribution is 2.43. The Bertz CT molecular complexity index is 655. The first-order chi connectivity index (χ1) is 10.4. The molecular formula is C20H19N. The first kappa shape index (κ1) is 13.6. The molecule has 0 spiro atoms. The van der Waals surface area contributed by atoms with E-state index in [1.165, 1.54) is 5.56 Å². The summed E-state index contributed by atoms with van der Waals surface area (Å²) >= 11 is 0. The maximum absolute atomic E-state index is 4.59. The van der Waals surface area contributed by atoms with Gasteiger partial charge in [-0.15, -0.1) is 0 Å². The lowest BCUT2D eigenvalue weighted by Gasteiger charge is -2.00. The summed E-state index contributed by atoms with van der Waals surface area (Å²) < 4.78 is 0. The Morgan fingerprint density at radius 3 is 2.29 bits per heavy atom. The van der Waals surface area contributed by atoms with Crippen LogP contribution in [0.4, 0.5) is 0 Å². The Morgan fingerprint density at radius 1 is 0.952 bits per heavy atom. The number of aliphatic imine (C=N–C) groups is 1. The lowest BCUT2D eigenvalue weighted by atomic mass is 10.1. The topological polar surface area (TPSA) is 12.4 Å². The van der Waals surface area contributed by atoms with Crippen molar-refractivity contribution >= 4 is 6.21 Å². The maximum atomic E-state index is 4.59. The SMILES string of the molecule is C(#CC1(C=NCCc2ccccc2)CC1)c1ccccc1. The van der Waals surface area contributed by atoms with Crippen molar-refractivity contribution in [3.05, 3.63) is 71.8 Å². The molecule has 1 saturated carbocycles. The van der Waals surface area contributed by atoms with Crippen LogP contribution in [0.1, 0.15) is 24.0 Å². The zero-order valence-corrected chi connectivity index (χ0v) is 12.1. The first-order valence-electron chi connectivity index (χ1n) is 7.50. The van der Waals surface area contributed by atoms with Crippen molar-refractivity contribution in [2.75, 3.05) is 6.54 Å². The van der Waals surface area contributed by atoms with Gasteiger partial charge in [0.25, 0.3) is 0 Å². The molecule has 0 aromatic heterocycles. The number of hydrogen-bond acceptors (Lipinski definition) is 1. The highest BCUT2D eigenvalue weighted by atomic mass is 14.7. The van der Waals surface area contributed by atoms with Gasteiger partial charge in [-0.25, -0.2) is 0 Å². The van der Waals surface area contributed by atoms with Crippen molar-refractivity contribution in [3.63, 3.8) is 0 Å². The molecule has 2 aromatic rings. The van der Waals surface area contributed by atoms with Crippen LogP contribution in [0.25, 0.3) is 0 Å². The second-order valence-corrected chi connectivity index (χ2v) is 5.54. The largest absolute Gasteiger partial charge is 0.296 e. The second kappa shape index (κ2) is 6.41. The quantitative estimate of drug-likeness (QED) is 0.586. The lowest BCUT2D eigenvalue weighted by molar-refractivity contribution is 0.927. The van der Waals surface area contributed by atoms with Crippen LogP contribution >= 0.6 is 0 Å². The van der Waals surface area contributed by atoms with Crippen LogP contribution in [-0.4, -0.2) is 12.8 Å². The Morgan fingerprint density at radius 2 is 1.62 bits per heavy atom. The van der Waals surface area contributed by atoms with Crippen LogP contribution in [0.2, 0.25) is 0 Å². The average Bonchev–Trinajstić information content (AvgIpc) is 3.32. The average molecular weight is 273 g/mol. The Hall–Kier alpha value is -2.33. The first-order valence-corrected chi connectivity index (χ1v) is 7.50. The third-order valence-corrected chi connectivity index (χ3v) is 3.73. The molecule has 1 fully saturated rings. The van der Waals surface area contributed by atoms with Gasteiger partial charge in [0.1, 0.15) is 0 Å². The second-order valence-electron chi connectivity index (χ2n) is 5.54. The Balaban J connectivity index is 1.55. The summed E-state index contributed by atoms with van der Waals surface area (Å²) in [5.74, 6) is 6.65. The van der Waals surface area contributed by atoms with E-state index in [1.807, 2.05) is 24.3 Å². The lowest BCUT2D eigenvalue weighted by Crippen LogP contribution is -1.99. The van der Waals surface area contributed by atoms with Gasteiger partial charge in [-0.1, -0.05) is 60.4 Å². The predicted octanol–water partition coefficient (Wildman–Crippen LogP) is 4.13. The van der Waals surface area contributed by atoms with Crippen LogP contribution in [-0.2, 0) is 6.42 Å². The number of nitrogens with zero attached hydrogens (tertiary/aromatic N) is 1. The fraction of sp³-hybridized carbons (Fsp3) is 0.250. The molecule has 2 aromatic carbocycles. The molecule has 0 bridgehead atoms. The minimum Gasteiger partial charge on any atom is -0.296 e. The molecule has 1 nitrogen and oxygen atoms in total. The van der Waals surface area contributed by atoms with Crippen molar-refractivity contribution in [2.24, 2.45) is 10.4 Å². The van der Waals surface area contributed by atoms with Gasteiger partial charge in [-0.3, -0.25) is 4.99 Å². The Kier molecular flexibility index (Phi) is 4.17. The molecule has 0 amide bonds. The van der Waals surface area contributed by atoms with Gasteiger partial charge in [-0.05, 0) is 37.0 Å². The van der Waals surface area contributed by atoms with Crippen LogP contribution in [0.15, 0.2) is 65.7 Å². The van der Waals surface area contributed by atoms with E-state index in [0.717, 1.165) is 31.4 Å².